The fraction of sp³-hybridized carbons (Fsp3) is 0.278. The predicted molar refractivity (Wildman–Crippen MR) is 96.3 cm³/mol. The molecule has 0 spiro atoms. The SMILES string of the molecule is O=C(O)/C=C/C(=O)O.[2H]C([2H])(c1c[nH]c2cccc(OC(C)=O)c12)C([2H])([2H])N(C)C. The van der Waals surface area contributed by atoms with Crippen molar-refractivity contribution in [3.8, 4) is 5.75 Å². The van der Waals surface area contributed by atoms with Crippen LogP contribution in [0.4, 0.5) is 0 Å². The highest BCUT2D eigenvalue weighted by molar-refractivity contribution is 5.91. The Morgan fingerprint density at radius 1 is 1.23 bits per heavy atom. The molecule has 0 aliphatic heterocycles. The molecule has 1 heterocycles. The molecule has 26 heavy (non-hydrogen) atoms. The van der Waals surface area contributed by atoms with Crippen LogP contribution in [0.1, 0.15) is 18.0 Å². The second-order valence-electron chi connectivity index (χ2n) is 5.12. The standard InChI is InChI=1S/C14H18N2O2.C4H4O4/c1-10(17)18-13-6-4-5-12-14(13)11(9-15-12)7-8-16(2)3;5-3(6)1-2-4(7)8/h4-6,9,15H,7-8H2,1-3H3;1-2H,(H,5,6)(H,7,8)/b;2-1+/i7D2,8D2;. The number of nitrogens with one attached hydrogen (secondary N) is 1. The number of aryl methyl sites for hydroxylation is 1. The molecule has 0 bridgehead atoms. The van der Waals surface area contributed by atoms with Crippen LogP contribution in [-0.4, -0.2) is 58.6 Å². The van der Waals surface area contributed by atoms with Crippen LogP contribution in [0.2, 0.25) is 0 Å². The Bertz CT molecular complexity index is 953. The summed E-state index contributed by atoms with van der Waals surface area (Å²) >= 11 is 0. The van der Waals surface area contributed by atoms with E-state index >= 15 is 0 Å². The van der Waals surface area contributed by atoms with Gasteiger partial charge in [0.1, 0.15) is 5.75 Å². The summed E-state index contributed by atoms with van der Waals surface area (Å²) in [7, 11) is 2.94. The van der Waals surface area contributed by atoms with Gasteiger partial charge in [0.15, 0.2) is 0 Å². The van der Waals surface area contributed by atoms with Crippen molar-refractivity contribution in [2.75, 3.05) is 20.6 Å². The van der Waals surface area contributed by atoms with E-state index in [0.29, 0.717) is 23.1 Å². The fourth-order valence-corrected chi connectivity index (χ4v) is 1.80. The highest BCUT2D eigenvalue weighted by Crippen LogP contribution is 2.29. The lowest BCUT2D eigenvalue weighted by molar-refractivity contribution is -0.134. The van der Waals surface area contributed by atoms with E-state index in [1.54, 1.807) is 18.2 Å². The number of hydrogen-bond acceptors (Lipinski definition) is 5. The van der Waals surface area contributed by atoms with Gasteiger partial charge in [-0.3, -0.25) is 4.79 Å². The summed E-state index contributed by atoms with van der Waals surface area (Å²) in [5, 5.41) is 16.0. The first-order valence-electron chi connectivity index (χ1n) is 9.32. The van der Waals surface area contributed by atoms with E-state index < -0.39 is 30.8 Å². The Labute approximate surface area is 156 Å². The topological polar surface area (TPSA) is 120 Å². The number of H-pyrrole nitrogens is 1. The molecule has 2 aromatic rings. The first-order chi connectivity index (χ1) is 13.7. The molecule has 140 valence electrons. The average Bonchev–Trinajstić information content (AvgIpc) is 3.05. The maximum Gasteiger partial charge on any atom is 0.328 e. The molecule has 0 aliphatic rings. The van der Waals surface area contributed by atoms with Gasteiger partial charge in [0, 0.05) is 48.2 Å². The van der Waals surface area contributed by atoms with Crippen molar-refractivity contribution in [3.63, 3.8) is 0 Å². The lowest BCUT2D eigenvalue weighted by Crippen LogP contribution is -2.15. The summed E-state index contributed by atoms with van der Waals surface area (Å²) in [6, 6.07) is 4.95. The number of carboxylic acids is 2. The van der Waals surface area contributed by atoms with Crippen molar-refractivity contribution < 1.29 is 34.8 Å². The molecule has 0 fully saturated rings. The van der Waals surface area contributed by atoms with Crippen molar-refractivity contribution in [2.24, 2.45) is 0 Å². The number of aliphatic carboxylic acids is 2. The van der Waals surface area contributed by atoms with Crippen LogP contribution in [-0.2, 0) is 20.8 Å². The third-order valence-corrected chi connectivity index (χ3v) is 2.70. The minimum Gasteiger partial charge on any atom is -0.478 e. The van der Waals surface area contributed by atoms with E-state index in [9.17, 15) is 14.4 Å². The number of fused-ring (bicyclic) bond motifs is 1. The number of nitrogens with zero attached hydrogens (tertiary/aromatic N) is 1. The number of carbonyl (C=O) groups excluding carboxylic acids is 1. The van der Waals surface area contributed by atoms with Crippen LogP contribution in [0.5, 0.6) is 5.75 Å². The number of aromatic nitrogens is 1. The Morgan fingerprint density at radius 3 is 2.35 bits per heavy atom. The number of hydrogen-bond donors (Lipinski definition) is 3. The molecule has 1 aromatic heterocycles. The minimum absolute atomic E-state index is 0.109. The van der Waals surface area contributed by atoms with E-state index in [1.165, 1.54) is 32.1 Å². The number of benzene rings is 1. The molecule has 8 nitrogen and oxygen atoms in total. The van der Waals surface area contributed by atoms with Crippen molar-refractivity contribution in [1.82, 2.24) is 9.88 Å². The number of carboxylic acid groups (broad SMARTS) is 2. The second kappa shape index (κ2) is 10.00. The highest BCUT2D eigenvalue weighted by atomic mass is 16.5. The first-order valence-corrected chi connectivity index (χ1v) is 7.32. The number of rotatable bonds is 6. The third-order valence-electron chi connectivity index (χ3n) is 2.70. The fourth-order valence-electron chi connectivity index (χ4n) is 1.80. The highest BCUT2D eigenvalue weighted by Gasteiger charge is 2.11. The summed E-state index contributed by atoms with van der Waals surface area (Å²) in [6.45, 7) is -0.982. The van der Waals surface area contributed by atoms with Gasteiger partial charge < -0.3 is 24.8 Å². The summed E-state index contributed by atoms with van der Waals surface area (Å²) in [6.07, 6.45) is 0.217. The third kappa shape index (κ3) is 7.18. The van der Waals surface area contributed by atoms with Crippen LogP contribution < -0.4 is 4.74 Å². The zero-order valence-corrected chi connectivity index (χ0v) is 14.4. The quantitative estimate of drug-likeness (QED) is 0.406. The zero-order chi connectivity index (χ0) is 23.3. The van der Waals surface area contributed by atoms with E-state index in [2.05, 4.69) is 4.98 Å². The van der Waals surface area contributed by atoms with Crippen LogP contribution in [0.15, 0.2) is 36.5 Å². The molecular formula is C18H22N2O6. The lowest BCUT2D eigenvalue weighted by Gasteiger charge is -2.09. The Balaban J connectivity index is 0.000000479. The van der Waals surface area contributed by atoms with Crippen LogP contribution >= 0.6 is 0 Å². The molecule has 8 heteroatoms. The van der Waals surface area contributed by atoms with E-state index in [0.717, 1.165) is 0 Å². The molecule has 0 saturated heterocycles. The number of likely N-dealkylation sites (N-methyl/N-ethyl adjacent to an activating group) is 1. The largest absolute Gasteiger partial charge is 0.478 e. The van der Waals surface area contributed by atoms with Gasteiger partial charge in [-0.15, -0.1) is 0 Å². The van der Waals surface area contributed by atoms with Gasteiger partial charge in [-0.2, -0.15) is 0 Å². The molecule has 0 unspecified atom stereocenters. The molecular weight excluding hydrogens is 340 g/mol. The maximum atomic E-state index is 11.2. The van der Waals surface area contributed by atoms with E-state index in [1.807, 2.05) is 0 Å². The molecule has 0 saturated carbocycles. The van der Waals surface area contributed by atoms with Gasteiger partial charge in [0.25, 0.3) is 0 Å². The second-order valence-corrected chi connectivity index (χ2v) is 5.12. The van der Waals surface area contributed by atoms with Crippen molar-refractivity contribution in [2.45, 2.75) is 13.3 Å². The summed E-state index contributed by atoms with van der Waals surface area (Å²) in [5.74, 6) is -2.82. The molecule has 3 N–H and O–H groups in total. The minimum atomic E-state index is -2.31. The van der Waals surface area contributed by atoms with Gasteiger partial charge in [0.2, 0.25) is 0 Å². The smallest absolute Gasteiger partial charge is 0.328 e. The Morgan fingerprint density at radius 2 is 1.85 bits per heavy atom. The number of esters is 1. The van der Waals surface area contributed by atoms with E-state index in [4.69, 9.17) is 20.4 Å². The van der Waals surface area contributed by atoms with Gasteiger partial charge in [-0.25, -0.2) is 9.59 Å². The molecule has 1 aromatic carbocycles. The normalized spacial score (nSPS) is 14.0. The van der Waals surface area contributed by atoms with Crippen molar-refractivity contribution in [1.29, 1.82) is 0 Å². The molecule has 0 aliphatic carbocycles. The number of carbonyl (C=O) groups is 3. The lowest BCUT2D eigenvalue weighted by atomic mass is 10.1. The molecule has 0 radical (unpaired) electrons. The van der Waals surface area contributed by atoms with Gasteiger partial charge >= 0.3 is 17.9 Å². The van der Waals surface area contributed by atoms with Crippen molar-refractivity contribution >= 4 is 28.8 Å². The van der Waals surface area contributed by atoms with Crippen LogP contribution in [0.25, 0.3) is 10.9 Å². The Kier molecular flexibility index (Phi) is 5.82. The Hall–Kier alpha value is -3.13. The van der Waals surface area contributed by atoms with Crippen LogP contribution in [0.3, 0.4) is 0 Å². The maximum absolute atomic E-state index is 11.2. The van der Waals surface area contributed by atoms with Gasteiger partial charge in [-0.05, 0) is 38.2 Å². The molecule has 0 amide bonds. The van der Waals surface area contributed by atoms with Crippen LogP contribution in [0, 0.1) is 0 Å². The van der Waals surface area contributed by atoms with Crippen molar-refractivity contribution in [3.05, 3.63) is 42.1 Å². The zero-order valence-electron chi connectivity index (χ0n) is 18.4. The monoisotopic (exact) mass is 366 g/mol. The summed E-state index contributed by atoms with van der Waals surface area (Å²) in [5.41, 5.74) is 0.685. The predicted octanol–water partition coefficient (Wildman–Crippen LogP) is 1.91. The summed E-state index contributed by atoms with van der Waals surface area (Å²) in [4.78, 5) is 34.4. The van der Waals surface area contributed by atoms with E-state index in [-0.39, 0.29) is 11.3 Å². The molecule has 0 atom stereocenters. The first kappa shape index (κ1) is 15.2. The molecule has 2 rings (SSSR count). The summed E-state index contributed by atoms with van der Waals surface area (Å²) < 4.78 is 37.8. The van der Waals surface area contributed by atoms with Gasteiger partial charge in [0.05, 0.1) is 0 Å². The average molecular weight is 366 g/mol. The number of ether oxygens (including phenoxy) is 1. The van der Waals surface area contributed by atoms with Gasteiger partial charge in [-0.1, -0.05) is 6.07 Å². The number of aromatic amines is 1.